The highest BCUT2D eigenvalue weighted by atomic mass is 16.5. The number of carbonyl (C=O) groups is 2. The maximum atomic E-state index is 12.1. The normalized spacial score (nSPS) is 9.86. The van der Waals surface area contributed by atoms with Crippen LogP contribution < -0.4 is 21.1 Å². The van der Waals surface area contributed by atoms with Crippen LogP contribution in [-0.2, 0) is 0 Å². The molecule has 0 unspecified atom stereocenters. The summed E-state index contributed by atoms with van der Waals surface area (Å²) in [6.07, 6.45) is 0. The largest absolute Gasteiger partial charge is 0.494 e. The van der Waals surface area contributed by atoms with Gasteiger partial charge in [-0.05, 0) is 55.5 Å². The summed E-state index contributed by atoms with van der Waals surface area (Å²) in [7, 11) is 0. The summed E-state index contributed by atoms with van der Waals surface area (Å²) in [5.74, 6) is 0.511. The first-order valence-electron chi connectivity index (χ1n) is 6.79. The van der Waals surface area contributed by atoms with Gasteiger partial charge in [-0.1, -0.05) is 0 Å². The zero-order valence-corrected chi connectivity index (χ0v) is 12.1. The summed E-state index contributed by atoms with van der Waals surface area (Å²) in [6.45, 7) is 2.50. The van der Waals surface area contributed by atoms with Crippen LogP contribution in [0.15, 0.2) is 48.5 Å². The quantitative estimate of drug-likeness (QED) is 0.792. The van der Waals surface area contributed by atoms with Gasteiger partial charge >= 0.3 is 6.03 Å². The van der Waals surface area contributed by atoms with E-state index in [9.17, 15) is 9.59 Å². The van der Waals surface area contributed by atoms with E-state index in [4.69, 9.17) is 10.5 Å². The summed E-state index contributed by atoms with van der Waals surface area (Å²) < 4.78 is 5.34. The van der Waals surface area contributed by atoms with E-state index in [0.29, 0.717) is 23.5 Å². The summed E-state index contributed by atoms with van der Waals surface area (Å²) in [5.41, 5.74) is 6.70. The molecule has 0 aliphatic carbocycles. The number of rotatable bonds is 5. The van der Waals surface area contributed by atoms with Gasteiger partial charge in [-0.2, -0.15) is 0 Å². The lowest BCUT2D eigenvalue weighted by atomic mass is 10.2. The molecule has 0 aromatic heterocycles. The highest BCUT2D eigenvalue weighted by molar-refractivity contribution is 6.04. The number of anilines is 2. The van der Waals surface area contributed by atoms with Crippen LogP contribution in [0.4, 0.5) is 16.2 Å². The summed E-state index contributed by atoms with van der Waals surface area (Å²) in [6, 6.07) is 12.9. The van der Waals surface area contributed by atoms with Crippen LogP contribution in [0, 0.1) is 0 Å². The standard InChI is InChI=1S/C16H17N3O3/c1-2-22-14-9-7-12(8-10-14)18-15(20)11-3-5-13(6-4-11)19-16(17)21/h3-10H,2H2,1H3,(H,18,20)(H3,17,19,21). The molecule has 0 saturated heterocycles. The second kappa shape index (κ2) is 7.12. The van der Waals surface area contributed by atoms with Crippen molar-refractivity contribution in [3.8, 4) is 5.75 Å². The molecule has 0 spiro atoms. The number of urea groups is 1. The zero-order chi connectivity index (χ0) is 15.9. The molecule has 0 aliphatic rings. The fraction of sp³-hybridized carbons (Fsp3) is 0.125. The first-order chi connectivity index (χ1) is 10.6. The van der Waals surface area contributed by atoms with Gasteiger partial charge in [0, 0.05) is 16.9 Å². The minimum atomic E-state index is -0.647. The van der Waals surface area contributed by atoms with Gasteiger partial charge < -0.3 is 21.1 Å². The number of hydrogen-bond donors (Lipinski definition) is 3. The lowest BCUT2D eigenvalue weighted by Crippen LogP contribution is -2.19. The fourth-order valence-corrected chi connectivity index (χ4v) is 1.85. The van der Waals surface area contributed by atoms with E-state index < -0.39 is 6.03 Å². The Balaban J connectivity index is 2.00. The first kappa shape index (κ1) is 15.4. The Morgan fingerprint density at radius 1 is 0.955 bits per heavy atom. The molecule has 0 heterocycles. The molecule has 0 radical (unpaired) electrons. The lowest BCUT2D eigenvalue weighted by Gasteiger charge is -2.08. The second-order valence-corrected chi connectivity index (χ2v) is 4.48. The molecule has 2 rings (SSSR count). The van der Waals surface area contributed by atoms with Gasteiger partial charge in [-0.15, -0.1) is 0 Å². The molecule has 4 N–H and O–H groups in total. The van der Waals surface area contributed by atoms with Crippen molar-refractivity contribution in [2.45, 2.75) is 6.92 Å². The fourth-order valence-electron chi connectivity index (χ4n) is 1.85. The van der Waals surface area contributed by atoms with Crippen LogP contribution in [0.2, 0.25) is 0 Å². The monoisotopic (exact) mass is 299 g/mol. The predicted molar refractivity (Wildman–Crippen MR) is 85.2 cm³/mol. The molecular weight excluding hydrogens is 282 g/mol. The number of benzene rings is 2. The minimum Gasteiger partial charge on any atom is -0.494 e. The number of nitrogens with one attached hydrogen (secondary N) is 2. The Bertz CT molecular complexity index is 651. The highest BCUT2D eigenvalue weighted by Crippen LogP contribution is 2.17. The lowest BCUT2D eigenvalue weighted by molar-refractivity contribution is 0.102. The third-order valence-corrected chi connectivity index (χ3v) is 2.84. The van der Waals surface area contributed by atoms with Gasteiger partial charge in [0.2, 0.25) is 0 Å². The molecule has 22 heavy (non-hydrogen) atoms. The molecule has 0 fully saturated rings. The Hall–Kier alpha value is -3.02. The van der Waals surface area contributed by atoms with E-state index in [-0.39, 0.29) is 5.91 Å². The van der Waals surface area contributed by atoms with E-state index in [0.717, 1.165) is 5.75 Å². The van der Waals surface area contributed by atoms with E-state index in [2.05, 4.69) is 10.6 Å². The molecule has 2 aromatic rings. The van der Waals surface area contributed by atoms with E-state index >= 15 is 0 Å². The average Bonchev–Trinajstić information content (AvgIpc) is 2.49. The molecule has 6 nitrogen and oxygen atoms in total. The minimum absolute atomic E-state index is 0.241. The summed E-state index contributed by atoms with van der Waals surface area (Å²) in [5, 5.41) is 5.21. The van der Waals surface area contributed by atoms with Crippen molar-refractivity contribution in [3.63, 3.8) is 0 Å². The van der Waals surface area contributed by atoms with Crippen molar-refractivity contribution >= 4 is 23.3 Å². The van der Waals surface area contributed by atoms with Crippen molar-refractivity contribution in [1.82, 2.24) is 0 Å². The van der Waals surface area contributed by atoms with E-state index in [1.165, 1.54) is 0 Å². The summed E-state index contributed by atoms with van der Waals surface area (Å²) in [4.78, 5) is 22.8. The van der Waals surface area contributed by atoms with Gasteiger partial charge in [0.25, 0.3) is 5.91 Å². The second-order valence-electron chi connectivity index (χ2n) is 4.48. The SMILES string of the molecule is CCOc1ccc(NC(=O)c2ccc(NC(N)=O)cc2)cc1. The molecule has 6 heteroatoms. The smallest absolute Gasteiger partial charge is 0.316 e. The van der Waals surface area contributed by atoms with Crippen LogP contribution in [0.1, 0.15) is 17.3 Å². The Morgan fingerprint density at radius 3 is 2.05 bits per heavy atom. The van der Waals surface area contributed by atoms with Crippen molar-refractivity contribution in [3.05, 3.63) is 54.1 Å². The maximum Gasteiger partial charge on any atom is 0.316 e. The third kappa shape index (κ3) is 4.24. The molecular formula is C16H17N3O3. The molecule has 3 amide bonds. The number of ether oxygens (including phenoxy) is 1. The molecule has 2 aromatic carbocycles. The van der Waals surface area contributed by atoms with Crippen LogP contribution >= 0.6 is 0 Å². The van der Waals surface area contributed by atoms with Crippen LogP contribution in [-0.4, -0.2) is 18.5 Å². The molecule has 0 bridgehead atoms. The van der Waals surface area contributed by atoms with Gasteiger partial charge in [-0.25, -0.2) is 4.79 Å². The van der Waals surface area contributed by atoms with Crippen molar-refractivity contribution in [2.24, 2.45) is 5.73 Å². The van der Waals surface area contributed by atoms with E-state index in [1.807, 2.05) is 6.92 Å². The van der Waals surface area contributed by atoms with Gasteiger partial charge in [0.15, 0.2) is 0 Å². The number of carbonyl (C=O) groups excluding carboxylic acids is 2. The predicted octanol–water partition coefficient (Wildman–Crippen LogP) is 2.83. The topological polar surface area (TPSA) is 93.4 Å². The number of primary amides is 1. The van der Waals surface area contributed by atoms with Gasteiger partial charge in [-0.3, -0.25) is 4.79 Å². The zero-order valence-electron chi connectivity index (χ0n) is 12.1. The highest BCUT2D eigenvalue weighted by Gasteiger charge is 2.06. The molecule has 114 valence electrons. The van der Waals surface area contributed by atoms with Crippen LogP contribution in [0.25, 0.3) is 0 Å². The average molecular weight is 299 g/mol. The summed E-state index contributed by atoms with van der Waals surface area (Å²) >= 11 is 0. The molecule has 0 saturated carbocycles. The van der Waals surface area contributed by atoms with E-state index in [1.54, 1.807) is 48.5 Å². The van der Waals surface area contributed by atoms with Crippen molar-refractivity contribution in [2.75, 3.05) is 17.2 Å². The Labute approximate surface area is 128 Å². The van der Waals surface area contributed by atoms with Gasteiger partial charge in [0.05, 0.1) is 6.61 Å². The van der Waals surface area contributed by atoms with Crippen LogP contribution in [0.5, 0.6) is 5.75 Å². The first-order valence-corrected chi connectivity index (χ1v) is 6.79. The maximum absolute atomic E-state index is 12.1. The molecule has 0 aliphatic heterocycles. The Morgan fingerprint density at radius 2 is 1.50 bits per heavy atom. The van der Waals surface area contributed by atoms with Crippen molar-refractivity contribution in [1.29, 1.82) is 0 Å². The molecule has 0 atom stereocenters. The van der Waals surface area contributed by atoms with Gasteiger partial charge in [0.1, 0.15) is 5.75 Å². The number of nitrogens with two attached hydrogens (primary N) is 1. The third-order valence-electron chi connectivity index (χ3n) is 2.84. The number of amides is 3. The number of hydrogen-bond acceptors (Lipinski definition) is 3. The van der Waals surface area contributed by atoms with Crippen molar-refractivity contribution < 1.29 is 14.3 Å². The Kier molecular flexibility index (Phi) is 4.98. The van der Waals surface area contributed by atoms with Crippen LogP contribution in [0.3, 0.4) is 0 Å².